The molecule has 2 aromatic rings. The molecule has 19 heavy (non-hydrogen) atoms. The molecule has 0 aromatic heterocycles. The third-order valence-corrected chi connectivity index (χ3v) is 3.47. The van der Waals surface area contributed by atoms with Crippen molar-refractivity contribution in [3.05, 3.63) is 46.4 Å². The standard InChI is InChI=1S/C14H13BrN2O2/c15-10-3-1-9(2-4-10)7-17-12-6-14-13(5-11(12)16)18-8-19-14/h1-6,17H,7-8,16H2. The van der Waals surface area contributed by atoms with E-state index in [9.17, 15) is 0 Å². The highest BCUT2D eigenvalue weighted by atomic mass is 79.9. The second-order valence-electron chi connectivity index (χ2n) is 4.27. The largest absolute Gasteiger partial charge is 0.454 e. The average molecular weight is 321 g/mol. The second-order valence-corrected chi connectivity index (χ2v) is 5.19. The number of hydrogen-bond acceptors (Lipinski definition) is 4. The fourth-order valence-corrected chi connectivity index (χ4v) is 2.17. The molecule has 0 aliphatic carbocycles. The van der Waals surface area contributed by atoms with Gasteiger partial charge < -0.3 is 20.5 Å². The van der Waals surface area contributed by atoms with E-state index in [1.54, 1.807) is 6.07 Å². The summed E-state index contributed by atoms with van der Waals surface area (Å²) >= 11 is 3.42. The van der Waals surface area contributed by atoms with Gasteiger partial charge in [0.15, 0.2) is 11.5 Å². The second kappa shape index (κ2) is 5.01. The number of halogens is 1. The molecule has 0 amide bonds. The first-order valence-corrected chi connectivity index (χ1v) is 6.69. The van der Waals surface area contributed by atoms with Crippen molar-refractivity contribution in [1.82, 2.24) is 0 Å². The number of benzene rings is 2. The molecule has 0 saturated carbocycles. The summed E-state index contributed by atoms with van der Waals surface area (Å²) in [6, 6.07) is 11.8. The Hall–Kier alpha value is -1.88. The van der Waals surface area contributed by atoms with Crippen molar-refractivity contribution >= 4 is 27.3 Å². The topological polar surface area (TPSA) is 56.5 Å². The Morgan fingerprint density at radius 1 is 1.11 bits per heavy atom. The van der Waals surface area contributed by atoms with Gasteiger partial charge in [-0.25, -0.2) is 0 Å². The molecule has 0 bridgehead atoms. The Balaban J connectivity index is 1.75. The van der Waals surface area contributed by atoms with E-state index in [4.69, 9.17) is 15.2 Å². The molecule has 0 unspecified atom stereocenters. The van der Waals surface area contributed by atoms with Crippen LogP contribution in [0.2, 0.25) is 0 Å². The van der Waals surface area contributed by atoms with Gasteiger partial charge in [-0.15, -0.1) is 0 Å². The predicted octanol–water partition coefficient (Wildman–Crippen LogP) is 3.37. The first-order valence-electron chi connectivity index (χ1n) is 5.90. The van der Waals surface area contributed by atoms with Crippen molar-refractivity contribution in [2.45, 2.75) is 6.54 Å². The lowest BCUT2D eigenvalue weighted by molar-refractivity contribution is 0.174. The number of anilines is 2. The molecule has 0 saturated heterocycles. The maximum atomic E-state index is 5.98. The molecule has 2 aromatic carbocycles. The van der Waals surface area contributed by atoms with E-state index in [1.807, 2.05) is 18.2 Å². The zero-order valence-corrected chi connectivity index (χ0v) is 11.7. The highest BCUT2D eigenvalue weighted by molar-refractivity contribution is 9.10. The van der Waals surface area contributed by atoms with Crippen LogP contribution in [-0.2, 0) is 6.54 Å². The number of hydrogen-bond donors (Lipinski definition) is 2. The first-order chi connectivity index (χ1) is 9.22. The SMILES string of the molecule is Nc1cc2c(cc1NCc1ccc(Br)cc1)OCO2. The van der Waals surface area contributed by atoms with Gasteiger partial charge in [0, 0.05) is 23.2 Å². The zero-order valence-electron chi connectivity index (χ0n) is 10.2. The van der Waals surface area contributed by atoms with Crippen LogP contribution in [-0.4, -0.2) is 6.79 Å². The van der Waals surface area contributed by atoms with Gasteiger partial charge in [-0.3, -0.25) is 0 Å². The van der Waals surface area contributed by atoms with Crippen LogP contribution in [0.1, 0.15) is 5.56 Å². The summed E-state index contributed by atoms with van der Waals surface area (Å²) in [4.78, 5) is 0. The minimum atomic E-state index is 0.255. The van der Waals surface area contributed by atoms with Crippen molar-refractivity contribution in [2.24, 2.45) is 0 Å². The Bertz CT molecular complexity index is 599. The normalized spacial score (nSPS) is 12.5. The Kier molecular flexibility index (Phi) is 3.21. The smallest absolute Gasteiger partial charge is 0.231 e. The van der Waals surface area contributed by atoms with Gasteiger partial charge in [-0.1, -0.05) is 28.1 Å². The van der Waals surface area contributed by atoms with Gasteiger partial charge in [-0.2, -0.15) is 0 Å². The molecule has 0 atom stereocenters. The fourth-order valence-electron chi connectivity index (χ4n) is 1.91. The van der Waals surface area contributed by atoms with E-state index in [1.165, 1.54) is 5.56 Å². The third kappa shape index (κ3) is 2.61. The number of nitrogens with one attached hydrogen (secondary N) is 1. The van der Waals surface area contributed by atoms with Crippen molar-refractivity contribution < 1.29 is 9.47 Å². The summed E-state index contributed by atoms with van der Waals surface area (Å²) in [5, 5.41) is 3.30. The number of nitrogen functional groups attached to an aromatic ring is 1. The maximum absolute atomic E-state index is 5.98. The summed E-state index contributed by atoms with van der Waals surface area (Å²) in [6.45, 7) is 0.960. The van der Waals surface area contributed by atoms with E-state index in [0.717, 1.165) is 15.9 Å². The Labute approximate surface area is 119 Å². The van der Waals surface area contributed by atoms with Crippen LogP contribution >= 0.6 is 15.9 Å². The molecule has 3 rings (SSSR count). The first kappa shape index (κ1) is 12.2. The quantitative estimate of drug-likeness (QED) is 0.851. The lowest BCUT2D eigenvalue weighted by Crippen LogP contribution is -2.02. The summed E-state index contributed by atoms with van der Waals surface area (Å²) in [5.74, 6) is 1.43. The third-order valence-electron chi connectivity index (χ3n) is 2.94. The molecule has 5 heteroatoms. The molecule has 3 N–H and O–H groups in total. The van der Waals surface area contributed by atoms with Crippen LogP contribution in [0.25, 0.3) is 0 Å². The van der Waals surface area contributed by atoms with E-state index in [2.05, 4.69) is 33.4 Å². The molecular formula is C14H13BrN2O2. The summed E-state index contributed by atoms with van der Waals surface area (Å²) < 4.78 is 11.7. The van der Waals surface area contributed by atoms with Gasteiger partial charge in [0.1, 0.15) is 0 Å². The highest BCUT2D eigenvalue weighted by Gasteiger charge is 2.15. The van der Waals surface area contributed by atoms with Crippen LogP contribution in [0.15, 0.2) is 40.9 Å². The van der Waals surface area contributed by atoms with E-state index >= 15 is 0 Å². The van der Waals surface area contributed by atoms with Crippen LogP contribution in [0.5, 0.6) is 11.5 Å². The van der Waals surface area contributed by atoms with Gasteiger partial charge in [0.25, 0.3) is 0 Å². The van der Waals surface area contributed by atoms with Crippen LogP contribution in [0.4, 0.5) is 11.4 Å². The van der Waals surface area contributed by atoms with Crippen LogP contribution in [0, 0.1) is 0 Å². The lowest BCUT2D eigenvalue weighted by atomic mass is 10.2. The predicted molar refractivity (Wildman–Crippen MR) is 78.4 cm³/mol. The maximum Gasteiger partial charge on any atom is 0.231 e. The van der Waals surface area contributed by atoms with Gasteiger partial charge >= 0.3 is 0 Å². The van der Waals surface area contributed by atoms with E-state index in [-0.39, 0.29) is 6.79 Å². The van der Waals surface area contributed by atoms with Crippen molar-refractivity contribution in [1.29, 1.82) is 0 Å². The zero-order chi connectivity index (χ0) is 13.2. The van der Waals surface area contributed by atoms with E-state index in [0.29, 0.717) is 18.0 Å². The molecule has 1 aliphatic rings. The molecule has 0 spiro atoms. The number of fused-ring (bicyclic) bond motifs is 1. The summed E-state index contributed by atoms with van der Waals surface area (Å²) in [7, 11) is 0. The fraction of sp³-hybridized carbons (Fsp3) is 0.143. The monoisotopic (exact) mass is 320 g/mol. The summed E-state index contributed by atoms with van der Waals surface area (Å²) in [6.07, 6.45) is 0. The average Bonchev–Trinajstić information content (AvgIpc) is 2.85. The van der Waals surface area contributed by atoms with Gasteiger partial charge in [0.05, 0.1) is 11.4 Å². The highest BCUT2D eigenvalue weighted by Crippen LogP contribution is 2.38. The lowest BCUT2D eigenvalue weighted by Gasteiger charge is -2.10. The molecular weight excluding hydrogens is 308 g/mol. The molecule has 1 aliphatic heterocycles. The van der Waals surface area contributed by atoms with Crippen LogP contribution < -0.4 is 20.5 Å². The van der Waals surface area contributed by atoms with Gasteiger partial charge in [0.2, 0.25) is 6.79 Å². The number of rotatable bonds is 3. The summed E-state index contributed by atoms with van der Waals surface area (Å²) in [5.41, 5.74) is 8.67. The molecule has 0 radical (unpaired) electrons. The van der Waals surface area contributed by atoms with Crippen molar-refractivity contribution in [3.63, 3.8) is 0 Å². The van der Waals surface area contributed by atoms with Crippen molar-refractivity contribution in [2.75, 3.05) is 17.8 Å². The molecule has 0 fully saturated rings. The van der Waals surface area contributed by atoms with Crippen LogP contribution in [0.3, 0.4) is 0 Å². The van der Waals surface area contributed by atoms with E-state index < -0.39 is 0 Å². The Morgan fingerprint density at radius 3 is 2.53 bits per heavy atom. The molecule has 4 nitrogen and oxygen atoms in total. The van der Waals surface area contributed by atoms with Gasteiger partial charge in [-0.05, 0) is 17.7 Å². The minimum absolute atomic E-state index is 0.255. The number of nitrogens with two attached hydrogens (primary N) is 1. The minimum Gasteiger partial charge on any atom is -0.454 e. The van der Waals surface area contributed by atoms with Crippen molar-refractivity contribution in [3.8, 4) is 11.5 Å². The number of ether oxygens (including phenoxy) is 2. The Morgan fingerprint density at radius 2 is 1.79 bits per heavy atom. The molecule has 1 heterocycles. The molecule has 98 valence electrons.